The van der Waals surface area contributed by atoms with Crippen LogP contribution in [-0.4, -0.2) is 73.3 Å². The van der Waals surface area contributed by atoms with Gasteiger partial charge in [0.2, 0.25) is 5.91 Å². The fourth-order valence-corrected chi connectivity index (χ4v) is 4.64. The van der Waals surface area contributed by atoms with Crippen molar-refractivity contribution in [1.29, 1.82) is 0 Å². The van der Waals surface area contributed by atoms with Gasteiger partial charge in [-0.1, -0.05) is 6.07 Å². The number of amides is 1. The number of methoxy groups -OCH3 is 1. The molecule has 0 saturated carbocycles. The van der Waals surface area contributed by atoms with Crippen LogP contribution in [0.4, 0.5) is 5.82 Å². The number of carbonyl (C=O) groups is 1. The van der Waals surface area contributed by atoms with Gasteiger partial charge in [-0.25, -0.2) is 9.50 Å². The number of carbonyl (C=O) groups excluding carboxylic acids is 1. The topological polar surface area (TPSA) is 93.2 Å². The third-order valence-corrected chi connectivity index (χ3v) is 6.64. The fraction of sp³-hybridized carbons (Fsp3) is 0.269. The van der Waals surface area contributed by atoms with E-state index in [9.17, 15) is 4.79 Å². The Balaban J connectivity index is 1.13. The highest BCUT2D eigenvalue weighted by molar-refractivity contribution is 5.78. The summed E-state index contributed by atoms with van der Waals surface area (Å²) in [5, 5.41) is 13.5. The van der Waals surface area contributed by atoms with Crippen LogP contribution >= 0.6 is 0 Å². The van der Waals surface area contributed by atoms with Crippen LogP contribution in [0.5, 0.6) is 5.75 Å². The van der Waals surface area contributed by atoms with Gasteiger partial charge in [0.1, 0.15) is 22.9 Å². The van der Waals surface area contributed by atoms with Crippen molar-refractivity contribution in [3.63, 3.8) is 0 Å². The zero-order valence-corrected chi connectivity index (χ0v) is 20.0. The number of rotatable bonds is 6. The van der Waals surface area contributed by atoms with Crippen LogP contribution in [0, 0.1) is 0 Å². The average Bonchev–Trinajstić information content (AvgIpc) is 3.56. The first-order valence-electron chi connectivity index (χ1n) is 12.0. The molecule has 182 valence electrons. The van der Waals surface area contributed by atoms with Gasteiger partial charge in [0.05, 0.1) is 12.8 Å². The van der Waals surface area contributed by atoms with Crippen LogP contribution < -0.4 is 9.64 Å². The van der Waals surface area contributed by atoms with Gasteiger partial charge in [0.15, 0.2) is 5.65 Å². The Morgan fingerprint density at radius 3 is 2.58 bits per heavy atom. The normalized spacial score (nSPS) is 14.0. The molecule has 6 rings (SSSR count). The number of piperazine rings is 1. The predicted octanol–water partition coefficient (Wildman–Crippen LogP) is 2.73. The first-order chi connectivity index (χ1) is 17.7. The van der Waals surface area contributed by atoms with Gasteiger partial charge in [-0.3, -0.25) is 9.20 Å². The van der Waals surface area contributed by atoms with Crippen LogP contribution in [0.1, 0.15) is 12.2 Å². The van der Waals surface area contributed by atoms with Gasteiger partial charge in [0, 0.05) is 63.2 Å². The van der Waals surface area contributed by atoms with Crippen molar-refractivity contribution in [3.8, 4) is 17.0 Å². The van der Waals surface area contributed by atoms with Crippen LogP contribution in [-0.2, 0) is 11.2 Å². The number of hydrogen-bond donors (Lipinski definition) is 0. The number of hydrogen-bond acceptors (Lipinski definition) is 7. The Labute approximate surface area is 207 Å². The molecule has 0 bridgehead atoms. The summed E-state index contributed by atoms with van der Waals surface area (Å²) in [7, 11) is 1.65. The van der Waals surface area contributed by atoms with Crippen molar-refractivity contribution >= 4 is 22.9 Å². The van der Waals surface area contributed by atoms with E-state index in [0.717, 1.165) is 52.9 Å². The molecule has 1 aromatic carbocycles. The van der Waals surface area contributed by atoms with Crippen LogP contribution in [0.25, 0.3) is 22.4 Å². The molecule has 10 nitrogen and oxygen atoms in total. The van der Waals surface area contributed by atoms with E-state index in [1.165, 1.54) is 0 Å². The molecule has 1 aliphatic heterocycles. The molecule has 0 radical (unpaired) electrons. The molecule has 1 amide bonds. The molecule has 1 fully saturated rings. The molecule has 1 saturated heterocycles. The molecule has 5 aromatic rings. The molecule has 10 heteroatoms. The molecule has 36 heavy (non-hydrogen) atoms. The summed E-state index contributed by atoms with van der Waals surface area (Å²) in [5.74, 6) is 2.66. The van der Waals surface area contributed by atoms with Crippen LogP contribution in [0.15, 0.2) is 67.1 Å². The van der Waals surface area contributed by atoms with Gasteiger partial charge >= 0.3 is 0 Å². The maximum atomic E-state index is 12.9. The Hall–Kier alpha value is -4.47. The van der Waals surface area contributed by atoms with Gasteiger partial charge in [-0.15, -0.1) is 10.2 Å². The van der Waals surface area contributed by atoms with Crippen molar-refractivity contribution in [2.24, 2.45) is 0 Å². The number of aryl methyl sites for hydroxylation is 1. The zero-order chi connectivity index (χ0) is 24.5. The SMILES string of the molecule is COc1ccc(-c2cc3c4nnc(CCC(=O)N5CCN(c6ccccn6)CC5)n4ccn3n2)cc1. The van der Waals surface area contributed by atoms with Crippen molar-refractivity contribution in [1.82, 2.24) is 34.1 Å². The lowest BCUT2D eigenvalue weighted by Crippen LogP contribution is -2.49. The maximum absolute atomic E-state index is 12.9. The fourth-order valence-electron chi connectivity index (χ4n) is 4.64. The molecular formula is C26H26N8O2. The molecule has 0 atom stereocenters. The first-order valence-corrected chi connectivity index (χ1v) is 12.0. The largest absolute Gasteiger partial charge is 0.497 e. The van der Waals surface area contributed by atoms with Crippen LogP contribution in [0.2, 0.25) is 0 Å². The third kappa shape index (κ3) is 4.10. The highest BCUT2D eigenvalue weighted by Crippen LogP contribution is 2.24. The van der Waals surface area contributed by atoms with E-state index >= 15 is 0 Å². The van der Waals surface area contributed by atoms with E-state index in [0.29, 0.717) is 25.9 Å². The standard InChI is InChI=1S/C26H26N8O2/c1-36-20-7-5-19(6-8-20)21-18-22-26-29-28-24(33(26)16-17-34(22)30-21)9-10-25(35)32-14-12-31(13-15-32)23-4-2-3-11-27-23/h2-8,11,16-18H,9-10,12-15H2,1H3. The van der Waals surface area contributed by atoms with Crippen molar-refractivity contribution in [3.05, 3.63) is 72.9 Å². The minimum Gasteiger partial charge on any atom is -0.497 e. The highest BCUT2D eigenvalue weighted by atomic mass is 16.5. The van der Waals surface area contributed by atoms with Crippen LogP contribution in [0.3, 0.4) is 0 Å². The minimum atomic E-state index is 0.139. The summed E-state index contributed by atoms with van der Waals surface area (Å²) in [6.45, 7) is 2.96. The summed E-state index contributed by atoms with van der Waals surface area (Å²) < 4.78 is 9.00. The summed E-state index contributed by atoms with van der Waals surface area (Å²) in [6.07, 6.45) is 6.51. The first kappa shape index (κ1) is 22.0. The molecular weight excluding hydrogens is 456 g/mol. The second kappa shape index (κ2) is 9.29. The summed E-state index contributed by atoms with van der Waals surface area (Å²) in [5.41, 5.74) is 3.41. The molecule has 0 aliphatic carbocycles. The second-order valence-corrected chi connectivity index (χ2v) is 8.75. The summed E-state index contributed by atoms with van der Waals surface area (Å²) in [4.78, 5) is 21.5. The van der Waals surface area contributed by atoms with Gasteiger partial charge < -0.3 is 14.5 Å². The highest BCUT2D eigenvalue weighted by Gasteiger charge is 2.22. The van der Waals surface area contributed by atoms with Gasteiger partial charge in [0.25, 0.3) is 0 Å². The molecule has 0 N–H and O–H groups in total. The lowest BCUT2D eigenvalue weighted by Gasteiger charge is -2.35. The van der Waals surface area contributed by atoms with Crippen molar-refractivity contribution < 1.29 is 9.53 Å². The van der Waals surface area contributed by atoms with E-state index in [2.05, 4.69) is 25.2 Å². The quantitative estimate of drug-likeness (QED) is 0.367. The third-order valence-electron chi connectivity index (χ3n) is 6.64. The number of ether oxygens (including phenoxy) is 1. The maximum Gasteiger partial charge on any atom is 0.223 e. The van der Waals surface area contributed by atoms with E-state index in [1.54, 1.807) is 17.8 Å². The number of nitrogens with zero attached hydrogens (tertiary/aromatic N) is 8. The zero-order valence-electron chi connectivity index (χ0n) is 20.0. The minimum absolute atomic E-state index is 0.139. The molecule has 0 unspecified atom stereocenters. The molecule has 0 spiro atoms. The van der Waals surface area contributed by atoms with E-state index in [-0.39, 0.29) is 5.91 Å². The Kier molecular flexibility index (Phi) is 5.68. The Morgan fingerprint density at radius 2 is 1.83 bits per heavy atom. The van der Waals surface area contributed by atoms with E-state index in [1.807, 2.05) is 70.2 Å². The van der Waals surface area contributed by atoms with Gasteiger partial charge in [-0.05, 0) is 42.5 Å². The van der Waals surface area contributed by atoms with Crippen molar-refractivity contribution in [2.45, 2.75) is 12.8 Å². The summed E-state index contributed by atoms with van der Waals surface area (Å²) >= 11 is 0. The monoisotopic (exact) mass is 482 g/mol. The number of anilines is 1. The molecule has 1 aliphatic rings. The Morgan fingerprint density at radius 1 is 1.00 bits per heavy atom. The molecule has 5 heterocycles. The number of benzene rings is 1. The average molecular weight is 483 g/mol. The van der Waals surface area contributed by atoms with Gasteiger partial charge in [-0.2, -0.15) is 5.10 Å². The van der Waals surface area contributed by atoms with E-state index in [4.69, 9.17) is 4.74 Å². The smallest absolute Gasteiger partial charge is 0.223 e. The lowest BCUT2D eigenvalue weighted by molar-refractivity contribution is -0.131. The number of aromatic nitrogens is 6. The lowest BCUT2D eigenvalue weighted by atomic mass is 10.1. The predicted molar refractivity (Wildman–Crippen MR) is 135 cm³/mol. The Bertz CT molecular complexity index is 1500. The number of fused-ring (bicyclic) bond motifs is 3. The second-order valence-electron chi connectivity index (χ2n) is 8.75. The van der Waals surface area contributed by atoms with E-state index < -0.39 is 0 Å². The molecule has 4 aromatic heterocycles. The number of pyridine rings is 1. The summed E-state index contributed by atoms with van der Waals surface area (Å²) in [6, 6.07) is 15.7. The van der Waals surface area contributed by atoms with Crippen molar-refractivity contribution in [2.75, 3.05) is 38.2 Å².